The third kappa shape index (κ3) is 2.96. The van der Waals surface area contributed by atoms with Gasteiger partial charge in [-0.05, 0) is 35.4 Å². The van der Waals surface area contributed by atoms with E-state index in [9.17, 15) is 0 Å². The summed E-state index contributed by atoms with van der Waals surface area (Å²) in [5.41, 5.74) is 2.10. The number of hydrogen-bond acceptors (Lipinski definition) is 7. The number of fused-ring (bicyclic) bond motifs is 2. The first-order valence-electron chi connectivity index (χ1n) is 9.66. The zero-order valence-electron chi connectivity index (χ0n) is 16.7. The Morgan fingerprint density at radius 3 is 1.97 bits per heavy atom. The minimum Gasteiger partial charge on any atom is -0.493 e. The summed E-state index contributed by atoms with van der Waals surface area (Å²) in [5.74, 6) is 3.89. The van der Waals surface area contributed by atoms with Gasteiger partial charge in [-0.1, -0.05) is 6.07 Å². The lowest BCUT2D eigenvalue weighted by Gasteiger charge is -2.20. The molecule has 0 aromatic heterocycles. The van der Waals surface area contributed by atoms with Crippen molar-refractivity contribution in [3.05, 3.63) is 41.5 Å². The Labute approximate surface area is 169 Å². The molecule has 0 radical (unpaired) electrons. The van der Waals surface area contributed by atoms with Crippen molar-refractivity contribution in [3.63, 3.8) is 0 Å². The molecule has 3 aliphatic rings. The highest BCUT2D eigenvalue weighted by Crippen LogP contribution is 2.52. The number of benzene rings is 2. The van der Waals surface area contributed by atoms with Crippen LogP contribution >= 0.6 is 0 Å². The zero-order valence-corrected chi connectivity index (χ0v) is 16.7. The molecule has 2 aromatic rings. The minimum absolute atomic E-state index is 0.0264. The van der Waals surface area contributed by atoms with Gasteiger partial charge in [0.15, 0.2) is 23.0 Å². The summed E-state index contributed by atoms with van der Waals surface area (Å²) in [6.07, 6.45) is -0.116. The molecule has 0 N–H and O–H groups in total. The zero-order chi connectivity index (χ0) is 20.0. The molecule has 2 saturated heterocycles. The predicted molar refractivity (Wildman–Crippen MR) is 103 cm³/mol. The summed E-state index contributed by atoms with van der Waals surface area (Å²) in [5, 5.41) is 0. The van der Waals surface area contributed by atoms with Gasteiger partial charge in [-0.15, -0.1) is 0 Å². The molecule has 2 fully saturated rings. The van der Waals surface area contributed by atoms with Gasteiger partial charge in [0.05, 0.1) is 46.8 Å². The van der Waals surface area contributed by atoms with E-state index in [0.717, 1.165) is 22.6 Å². The topological polar surface area (TPSA) is 64.6 Å². The molecule has 154 valence electrons. The van der Waals surface area contributed by atoms with E-state index in [1.165, 1.54) is 0 Å². The summed E-state index contributed by atoms with van der Waals surface area (Å²) in [6.45, 7) is 1.53. The summed E-state index contributed by atoms with van der Waals surface area (Å²) in [4.78, 5) is 0. The highest BCUT2D eigenvalue weighted by atomic mass is 16.7. The standard InChI is InChI=1S/C22H24O7/c1-23-18-7-13(8-19(24-2)22(18)25-3)21-15-10-26-20(14(15)9-27-21)12-4-5-16-17(6-12)29-11-28-16/h4-8,14-15,20-21H,9-11H2,1-3H3/t14-,15-,20?,21-/m0/s1. The quantitative estimate of drug-likeness (QED) is 0.761. The molecule has 3 heterocycles. The van der Waals surface area contributed by atoms with Crippen molar-refractivity contribution < 1.29 is 33.2 Å². The Morgan fingerprint density at radius 1 is 0.724 bits per heavy atom. The van der Waals surface area contributed by atoms with Gasteiger partial charge in [0.2, 0.25) is 12.5 Å². The van der Waals surface area contributed by atoms with Crippen LogP contribution < -0.4 is 23.7 Å². The van der Waals surface area contributed by atoms with E-state index >= 15 is 0 Å². The molecule has 3 aliphatic heterocycles. The molecule has 0 bridgehead atoms. The Balaban J connectivity index is 1.42. The Kier molecular flexibility index (Phi) is 4.64. The summed E-state index contributed by atoms with van der Waals surface area (Å²) in [7, 11) is 4.84. The smallest absolute Gasteiger partial charge is 0.231 e. The van der Waals surface area contributed by atoms with Crippen LogP contribution in [0.5, 0.6) is 28.7 Å². The average Bonchev–Trinajstić information content (AvgIpc) is 3.47. The predicted octanol–water partition coefficient (Wildman–Crippen LogP) is 3.52. The van der Waals surface area contributed by atoms with Crippen LogP contribution in [0, 0.1) is 11.8 Å². The van der Waals surface area contributed by atoms with Crippen LogP contribution in [0.1, 0.15) is 23.3 Å². The van der Waals surface area contributed by atoms with Crippen LogP contribution in [0.15, 0.2) is 30.3 Å². The first-order valence-corrected chi connectivity index (χ1v) is 9.66. The van der Waals surface area contributed by atoms with Crippen molar-refractivity contribution in [1.29, 1.82) is 0 Å². The molecule has 0 spiro atoms. The Bertz CT molecular complexity index is 887. The van der Waals surface area contributed by atoms with E-state index in [1.807, 2.05) is 30.3 Å². The van der Waals surface area contributed by atoms with Crippen LogP contribution in [-0.2, 0) is 9.47 Å². The van der Waals surface area contributed by atoms with Crippen molar-refractivity contribution in [2.24, 2.45) is 11.8 Å². The van der Waals surface area contributed by atoms with Crippen LogP contribution in [0.3, 0.4) is 0 Å². The number of ether oxygens (including phenoxy) is 7. The molecular formula is C22H24O7. The van der Waals surface area contributed by atoms with E-state index in [4.69, 9.17) is 33.2 Å². The van der Waals surface area contributed by atoms with Crippen molar-refractivity contribution >= 4 is 0 Å². The summed E-state index contributed by atoms with van der Waals surface area (Å²) >= 11 is 0. The second kappa shape index (κ2) is 7.31. The van der Waals surface area contributed by atoms with Crippen LogP contribution in [0.2, 0.25) is 0 Å². The molecule has 2 aromatic carbocycles. The molecule has 7 heteroatoms. The van der Waals surface area contributed by atoms with Crippen LogP contribution in [0.4, 0.5) is 0 Å². The van der Waals surface area contributed by atoms with Crippen molar-refractivity contribution in [1.82, 2.24) is 0 Å². The van der Waals surface area contributed by atoms with Gasteiger partial charge < -0.3 is 33.2 Å². The molecule has 0 amide bonds. The molecule has 0 aliphatic carbocycles. The maximum atomic E-state index is 6.24. The maximum absolute atomic E-state index is 6.24. The lowest BCUT2D eigenvalue weighted by molar-refractivity contribution is 0.0191. The molecule has 29 heavy (non-hydrogen) atoms. The largest absolute Gasteiger partial charge is 0.493 e. The van der Waals surface area contributed by atoms with Gasteiger partial charge in [-0.25, -0.2) is 0 Å². The van der Waals surface area contributed by atoms with Gasteiger partial charge >= 0.3 is 0 Å². The van der Waals surface area contributed by atoms with E-state index < -0.39 is 0 Å². The monoisotopic (exact) mass is 400 g/mol. The highest BCUT2D eigenvalue weighted by Gasteiger charge is 2.48. The Morgan fingerprint density at radius 2 is 1.34 bits per heavy atom. The number of hydrogen-bond donors (Lipinski definition) is 0. The molecule has 0 saturated carbocycles. The van der Waals surface area contributed by atoms with E-state index in [0.29, 0.717) is 30.5 Å². The van der Waals surface area contributed by atoms with Crippen molar-refractivity contribution in [2.45, 2.75) is 12.2 Å². The van der Waals surface area contributed by atoms with Crippen LogP contribution in [0.25, 0.3) is 0 Å². The molecule has 5 rings (SSSR count). The van der Waals surface area contributed by atoms with Crippen molar-refractivity contribution in [2.75, 3.05) is 41.3 Å². The third-order valence-corrected chi connectivity index (χ3v) is 6.00. The molecule has 7 nitrogen and oxygen atoms in total. The van der Waals surface area contributed by atoms with Gasteiger partial charge in [0.1, 0.15) is 0 Å². The lowest BCUT2D eigenvalue weighted by atomic mass is 9.85. The van der Waals surface area contributed by atoms with Gasteiger partial charge in [0, 0.05) is 11.8 Å². The fraction of sp³-hybridized carbons (Fsp3) is 0.455. The highest BCUT2D eigenvalue weighted by molar-refractivity contribution is 5.54. The first-order chi connectivity index (χ1) is 14.2. The molecule has 4 atom stereocenters. The van der Waals surface area contributed by atoms with Gasteiger partial charge in [-0.2, -0.15) is 0 Å². The molecule has 1 unspecified atom stereocenters. The van der Waals surface area contributed by atoms with E-state index in [2.05, 4.69) is 0 Å². The number of rotatable bonds is 5. The van der Waals surface area contributed by atoms with Gasteiger partial charge in [0.25, 0.3) is 0 Å². The van der Waals surface area contributed by atoms with Gasteiger partial charge in [-0.3, -0.25) is 0 Å². The van der Waals surface area contributed by atoms with Crippen LogP contribution in [-0.4, -0.2) is 41.3 Å². The fourth-order valence-corrected chi connectivity index (χ4v) is 4.59. The minimum atomic E-state index is -0.0901. The number of methoxy groups -OCH3 is 3. The van der Waals surface area contributed by atoms with E-state index in [1.54, 1.807) is 21.3 Å². The first kappa shape index (κ1) is 18.4. The third-order valence-electron chi connectivity index (χ3n) is 6.00. The lowest BCUT2D eigenvalue weighted by Crippen LogP contribution is -2.14. The normalized spacial score (nSPS) is 27.0. The second-order valence-corrected chi connectivity index (χ2v) is 7.41. The average molecular weight is 400 g/mol. The second-order valence-electron chi connectivity index (χ2n) is 7.41. The molecular weight excluding hydrogens is 376 g/mol. The summed E-state index contributed by atoms with van der Waals surface area (Å²) < 4.78 is 39.8. The summed E-state index contributed by atoms with van der Waals surface area (Å²) in [6, 6.07) is 9.93. The maximum Gasteiger partial charge on any atom is 0.231 e. The fourth-order valence-electron chi connectivity index (χ4n) is 4.59. The Hall–Kier alpha value is -2.64. The van der Waals surface area contributed by atoms with Crippen molar-refractivity contribution in [3.8, 4) is 28.7 Å². The SMILES string of the molecule is COc1cc([C@@H]2OC[C@@H]3C(c4ccc5c(c4)OCO5)OC[C@@H]32)cc(OC)c1OC. The van der Waals surface area contributed by atoms with E-state index in [-0.39, 0.29) is 30.8 Å².